The van der Waals surface area contributed by atoms with E-state index in [1.165, 1.54) is 32.1 Å². The van der Waals surface area contributed by atoms with Gasteiger partial charge in [-0.1, -0.05) is 71.1 Å². The topological polar surface area (TPSA) is 37.3 Å². The van der Waals surface area contributed by atoms with Gasteiger partial charge >= 0.3 is 5.97 Å². The van der Waals surface area contributed by atoms with E-state index in [9.17, 15) is 4.79 Å². The molecule has 0 heterocycles. The summed E-state index contributed by atoms with van der Waals surface area (Å²) < 4.78 is 0. The molecule has 0 aliphatic rings. The highest BCUT2D eigenvalue weighted by Gasteiger charge is 2.14. The van der Waals surface area contributed by atoms with E-state index in [2.05, 4.69) is 26.5 Å². The molecule has 0 spiro atoms. The molecule has 1 unspecified atom stereocenters. The van der Waals surface area contributed by atoms with E-state index in [1.807, 2.05) is 6.08 Å². The fraction of sp³-hybridized carbons (Fsp3) is 0.688. The van der Waals surface area contributed by atoms with Crippen LogP contribution in [0.25, 0.3) is 0 Å². The second-order valence-electron chi connectivity index (χ2n) is 4.86. The van der Waals surface area contributed by atoms with Crippen molar-refractivity contribution >= 4 is 5.97 Å². The molecule has 1 N–H and O–H groups in total. The molecule has 0 aromatic heterocycles. The maximum atomic E-state index is 11.0. The number of rotatable bonds is 11. The molecule has 2 nitrogen and oxygen atoms in total. The summed E-state index contributed by atoms with van der Waals surface area (Å²) in [5.74, 6) is -0.855. The normalized spacial score (nSPS) is 12.8. The number of hydrogen-bond acceptors (Lipinski definition) is 1. The van der Waals surface area contributed by atoms with E-state index in [-0.39, 0.29) is 5.92 Å². The highest BCUT2D eigenvalue weighted by atomic mass is 16.4. The molecule has 0 radical (unpaired) electrons. The maximum absolute atomic E-state index is 11.0. The van der Waals surface area contributed by atoms with Crippen LogP contribution in [0.1, 0.15) is 65.2 Å². The van der Waals surface area contributed by atoms with Gasteiger partial charge in [-0.25, -0.2) is 4.79 Å². The minimum absolute atomic E-state index is 0.0104. The molecule has 0 saturated carbocycles. The van der Waals surface area contributed by atoms with E-state index in [1.54, 1.807) is 0 Å². The first-order valence-corrected chi connectivity index (χ1v) is 7.22. The van der Waals surface area contributed by atoms with E-state index < -0.39 is 5.97 Å². The standard InChI is InChI=1S/C16H28O2/c1-4-6-8-10-12-15(14(3)16(17)18)13-11-9-7-5-2/h10,12,15H,3-9,11,13H2,1-2H3,(H,17,18)/b12-10-. The van der Waals surface area contributed by atoms with Crippen LogP contribution in [0, 0.1) is 5.92 Å². The Balaban J connectivity index is 4.20. The first kappa shape index (κ1) is 16.9. The third-order valence-corrected chi connectivity index (χ3v) is 3.18. The number of carbonyl (C=O) groups is 1. The van der Waals surface area contributed by atoms with Gasteiger partial charge in [0.2, 0.25) is 0 Å². The Labute approximate surface area is 112 Å². The molecule has 18 heavy (non-hydrogen) atoms. The van der Waals surface area contributed by atoms with Crippen molar-refractivity contribution in [1.82, 2.24) is 0 Å². The molecule has 0 aliphatic heterocycles. The summed E-state index contributed by atoms with van der Waals surface area (Å²) in [5.41, 5.74) is 0.333. The van der Waals surface area contributed by atoms with E-state index in [0.29, 0.717) is 5.57 Å². The number of unbranched alkanes of at least 4 members (excludes halogenated alkanes) is 5. The fourth-order valence-corrected chi connectivity index (χ4v) is 1.92. The van der Waals surface area contributed by atoms with Crippen molar-refractivity contribution in [3.05, 3.63) is 24.3 Å². The predicted octanol–water partition coefficient (Wildman–Crippen LogP) is 4.96. The third-order valence-electron chi connectivity index (χ3n) is 3.18. The van der Waals surface area contributed by atoms with Gasteiger partial charge in [0.05, 0.1) is 0 Å². The second kappa shape index (κ2) is 11.1. The quantitative estimate of drug-likeness (QED) is 0.320. The largest absolute Gasteiger partial charge is 0.478 e. The summed E-state index contributed by atoms with van der Waals surface area (Å²) in [6.07, 6.45) is 13.1. The zero-order valence-corrected chi connectivity index (χ0v) is 12.0. The zero-order chi connectivity index (χ0) is 13.8. The van der Waals surface area contributed by atoms with Gasteiger partial charge in [0.25, 0.3) is 0 Å². The second-order valence-corrected chi connectivity index (χ2v) is 4.86. The first-order valence-electron chi connectivity index (χ1n) is 7.22. The van der Waals surface area contributed by atoms with Crippen LogP contribution in [0.3, 0.4) is 0 Å². The number of allylic oxidation sites excluding steroid dienone is 2. The van der Waals surface area contributed by atoms with Gasteiger partial charge in [0, 0.05) is 11.5 Å². The summed E-state index contributed by atoms with van der Waals surface area (Å²) in [6.45, 7) is 8.04. The van der Waals surface area contributed by atoms with Crippen molar-refractivity contribution in [2.75, 3.05) is 0 Å². The lowest BCUT2D eigenvalue weighted by Crippen LogP contribution is -2.09. The Morgan fingerprint density at radius 1 is 1.17 bits per heavy atom. The molecule has 0 saturated heterocycles. The Kier molecular flexibility index (Phi) is 10.4. The van der Waals surface area contributed by atoms with E-state index in [4.69, 9.17) is 5.11 Å². The van der Waals surface area contributed by atoms with Crippen molar-refractivity contribution in [2.24, 2.45) is 5.92 Å². The van der Waals surface area contributed by atoms with E-state index in [0.717, 1.165) is 19.3 Å². The van der Waals surface area contributed by atoms with Gasteiger partial charge in [-0.2, -0.15) is 0 Å². The van der Waals surface area contributed by atoms with Gasteiger partial charge < -0.3 is 5.11 Å². The SMILES string of the molecule is C=C(C(=O)O)C(/C=C\CCCC)CCCCCC. The van der Waals surface area contributed by atoms with Gasteiger partial charge in [0.1, 0.15) is 0 Å². The van der Waals surface area contributed by atoms with Crippen LogP contribution >= 0.6 is 0 Å². The average molecular weight is 252 g/mol. The predicted molar refractivity (Wildman–Crippen MR) is 77.7 cm³/mol. The first-order chi connectivity index (χ1) is 8.63. The molecule has 0 amide bonds. The fourth-order valence-electron chi connectivity index (χ4n) is 1.92. The maximum Gasteiger partial charge on any atom is 0.331 e. The van der Waals surface area contributed by atoms with Gasteiger partial charge in [-0.15, -0.1) is 0 Å². The minimum Gasteiger partial charge on any atom is -0.478 e. The molecule has 0 fully saturated rings. The van der Waals surface area contributed by atoms with Crippen LogP contribution in [-0.4, -0.2) is 11.1 Å². The third kappa shape index (κ3) is 8.10. The Hall–Kier alpha value is -1.05. The number of carboxylic acids is 1. The summed E-state index contributed by atoms with van der Waals surface area (Å²) >= 11 is 0. The highest BCUT2D eigenvalue weighted by Crippen LogP contribution is 2.20. The van der Waals surface area contributed by atoms with Gasteiger partial charge in [0.15, 0.2) is 0 Å². The molecule has 0 rings (SSSR count). The van der Waals surface area contributed by atoms with Gasteiger partial charge in [-0.3, -0.25) is 0 Å². The monoisotopic (exact) mass is 252 g/mol. The van der Waals surface area contributed by atoms with Crippen molar-refractivity contribution in [2.45, 2.75) is 65.2 Å². The molecule has 2 heteroatoms. The van der Waals surface area contributed by atoms with Crippen LogP contribution in [0.15, 0.2) is 24.3 Å². The summed E-state index contributed by atoms with van der Waals surface area (Å²) in [5, 5.41) is 9.02. The van der Waals surface area contributed by atoms with Crippen molar-refractivity contribution in [3.8, 4) is 0 Å². The van der Waals surface area contributed by atoms with Crippen LogP contribution in [0.2, 0.25) is 0 Å². The Morgan fingerprint density at radius 2 is 1.83 bits per heavy atom. The number of hydrogen-bond donors (Lipinski definition) is 1. The molecule has 104 valence electrons. The lowest BCUT2D eigenvalue weighted by Gasteiger charge is -2.12. The summed E-state index contributed by atoms with van der Waals surface area (Å²) in [4.78, 5) is 11.0. The molecule has 0 bridgehead atoms. The Bertz CT molecular complexity index is 266. The summed E-state index contributed by atoms with van der Waals surface area (Å²) in [7, 11) is 0. The van der Waals surface area contributed by atoms with Crippen LogP contribution < -0.4 is 0 Å². The molecular formula is C16H28O2. The molecule has 0 aromatic rings. The number of carboxylic acid groups (broad SMARTS) is 1. The minimum atomic E-state index is -0.865. The zero-order valence-electron chi connectivity index (χ0n) is 12.0. The van der Waals surface area contributed by atoms with Crippen molar-refractivity contribution in [3.63, 3.8) is 0 Å². The van der Waals surface area contributed by atoms with Gasteiger partial charge in [-0.05, 0) is 12.8 Å². The smallest absolute Gasteiger partial charge is 0.331 e. The van der Waals surface area contributed by atoms with Crippen LogP contribution in [0.5, 0.6) is 0 Å². The molecule has 0 aromatic carbocycles. The average Bonchev–Trinajstić information content (AvgIpc) is 2.36. The molecule has 0 aliphatic carbocycles. The van der Waals surface area contributed by atoms with Crippen molar-refractivity contribution < 1.29 is 9.90 Å². The Morgan fingerprint density at radius 3 is 2.39 bits per heavy atom. The van der Waals surface area contributed by atoms with Crippen LogP contribution in [-0.2, 0) is 4.79 Å². The lowest BCUT2D eigenvalue weighted by atomic mass is 9.93. The van der Waals surface area contributed by atoms with E-state index >= 15 is 0 Å². The van der Waals surface area contributed by atoms with Crippen molar-refractivity contribution in [1.29, 1.82) is 0 Å². The van der Waals surface area contributed by atoms with Crippen LogP contribution in [0.4, 0.5) is 0 Å². The highest BCUT2D eigenvalue weighted by molar-refractivity contribution is 5.86. The molecular weight excluding hydrogens is 224 g/mol. The number of aliphatic carboxylic acids is 1. The lowest BCUT2D eigenvalue weighted by molar-refractivity contribution is -0.133. The summed E-state index contributed by atoms with van der Waals surface area (Å²) in [6, 6.07) is 0. The molecule has 1 atom stereocenters.